The summed E-state index contributed by atoms with van der Waals surface area (Å²) in [5, 5.41) is 2.62. The van der Waals surface area contributed by atoms with Gasteiger partial charge in [-0.15, -0.1) is 0 Å². The normalized spacial score (nSPS) is 12.1. The Balaban J connectivity index is 1.40. The summed E-state index contributed by atoms with van der Waals surface area (Å²) >= 11 is 0. The van der Waals surface area contributed by atoms with Crippen molar-refractivity contribution in [2.24, 2.45) is 0 Å². The van der Waals surface area contributed by atoms with Crippen LogP contribution >= 0.6 is 0 Å². The Hall–Kier alpha value is -4.32. The fraction of sp³-hybridized carbons (Fsp3) is 0.136. The van der Waals surface area contributed by atoms with Crippen molar-refractivity contribution in [2.75, 3.05) is 10.0 Å². The van der Waals surface area contributed by atoms with E-state index in [1.54, 1.807) is 19.1 Å². The van der Waals surface area contributed by atoms with Crippen molar-refractivity contribution < 1.29 is 27.2 Å². The van der Waals surface area contributed by atoms with Crippen LogP contribution in [-0.2, 0) is 19.6 Å². The van der Waals surface area contributed by atoms with Crippen LogP contribution in [-0.4, -0.2) is 41.4 Å². The first-order chi connectivity index (χ1) is 16.4. The number of hydrogen-bond acceptors (Lipinski definition) is 9. The van der Waals surface area contributed by atoms with Crippen molar-refractivity contribution in [1.82, 2.24) is 15.0 Å². The minimum Gasteiger partial charge on any atom is -0.449 e. The number of anilines is 2. The lowest BCUT2D eigenvalue weighted by atomic mass is 10.2. The number of benzene rings is 2. The Morgan fingerprint density at radius 3 is 2.50 bits per heavy atom. The van der Waals surface area contributed by atoms with E-state index in [2.05, 4.69) is 25.0 Å². The van der Waals surface area contributed by atoms with Crippen LogP contribution in [0.1, 0.15) is 23.7 Å². The summed E-state index contributed by atoms with van der Waals surface area (Å²) in [5.74, 6) is -1.29. The maximum absolute atomic E-state index is 12.6. The first-order valence-corrected chi connectivity index (χ1v) is 11.6. The van der Waals surface area contributed by atoms with Crippen LogP contribution in [0, 0.1) is 0 Å². The van der Waals surface area contributed by atoms with Gasteiger partial charge < -0.3 is 14.5 Å². The van der Waals surface area contributed by atoms with E-state index in [0.29, 0.717) is 16.8 Å². The van der Waals surface area contributed by atoms with Gasteiger partial charge in [-0.2, -0.15) is 0 Å². The molecule has 4 aromatic rings. The van der Waals surface area contributed by atoms with Crippen LogP contribution in [0.25, 0.3) is 11.1 Å². The number of amides is 1. The highest BCUT2D eigenvalue weighted by molar-refractivity contribution is 7.92. The van der Waals surface area contributed by atoms with Gasteiger partial charge in [0.2, 0.25) is 5.95 Å². The third kappa shape index (κ3) is 5.18. The van der Waals surface area contributed by atoms with Crippen molar-refractivity contribution in [3.8, 4) is 0 Å². The van der Waals surface area contributed by atoms with E-state index in [-0.39, 0.29) is 22.8 Å². The van der Waals surface area contributed by atoms with Crippen LogP contribution in [0.5, 0.6) is 0 Å². The molecule has 1 amide bonds. The number of carbonyl (C=O) groups is 2. The standard InChI is InChI=1S/C22H19N5O6S/c1-2-18(33-21(29)14-4-9-19-17(12-14)25-13-32-19)20(28)26-15-5-7-16(8-6-15)34(30,31)27-22-23-10-3-11-24-22/h3-13,18H,2H2,1H3,(H,26,28)(H,23,24,27). The Morgan fingerprint density at radius 2 is 1.79 bits per heavy atom. The molecular weight excluding hydrogens is 462 g/mol. The molecule has 1 atom stereocenters. The molecule has 0 aliphatic rings. The van der Waals surface area contributed by atoms with Crippen molar-refractivity contribution in [2.45, 2.75) is 24.3 Å². The van der Waals surface area contributed by atoms with Crippen molar-refractivity contribution in [1.29, 1.82) is 0 Å². The molecule has 0 saturated heterocycles. The number of ether oxygens (including phenoxy) is 1. The Labute approximate surface area is 194 Å². The molecule has 12 heteroatoms. The quantitative estimate of drug-likeness (QED) is 0.362. The molecule has 0 saturated carbocycles. The topological polar surface area (TPSA) is 153 Å². The highest BCUT2D eigenvalue weighted by Crippen LogP contribution is 2.18. The molecule has 0 aliphatic carbocycles. The number of esters is 1. The monoisotopic (exact) mass is 481 g/mol. The molecule has 1 unspecified atom stereocenters. The SMILES string of the molecule is CCC(OC(=O)c1ccc2ocnc2c1)C(=O)Nc1ccc(S(=O)(=O)Nc2ncccn2)cc1. The summed E-state index contributed by atoms with van der Waals surface area (Å²) in [5.41, 5.74) is 1.59. The molecular formula is C22H19N5O6S. The van der Waals surface area contributed by atoms with Crippen LogP contribution < -0.4 is 10.0 Å². The second-order valence-electron chi connectivity index (χ2n) is 7.03. The maximum Gasteiger partial charge on any atom is 0.338 e. The summed E-state index contributed by atoms with van der Waals surface area (Å²) in [6.45, 7) is 1.70. The van der Waals surface area contributed by atoms with E-state index < -0.39 is 28.0 Å². The second kappa shape index (κ2) is 9.67. The third-order valence-corrected chi connectivity index (χ3v) is 6.05. The minimum absolute atomic E-state index is 0.0420. The number of aromatic nitrogens is 3. The summed E-state index contributed by atoms with van der Waals surface area (Å²) in [6.07, 6.45) is 3.27. The van der Waals surface area contributed by atoms with Gasteiger partial charge in [0.25, 0.3) is 15.9 Å². The highest BCUT2D eigenvalue weighted by atomic mass is 32.2. The zero-order valence-corrected chi connectivity index (χ0v) is 18.7. The molecule has 0 bridgehead atoms. The van der Waals surface area contributed by atoms with E-state index in [1.807, 2.05) is 0 Å². The fourth-order valence-corrected chi connectivity index (χ4v) is 3.93. The van der Waals surface area contributed by atoms with E-state index in [1.165, 1.54) is 55.2 Å². The second-order valence-corrected chi connectivity index (χ2v) is 8.71. The number of nitrogens with one attached hydrogen (secondary N) is 2. The Kier molecular flexibility index (Phi) is 6.50. The molecule has 0 radical (unpaired) electrons. The van der Waals surface area contributed by atoms with Gasteiger partial charge in [0.1, 0.15) is 5.52 Å². The van der Waals surface area contributed by atoms with Crippen molar-refractivity contribution in [3.05, 3.63) is 72.9 Å². The molecule has 2 aromatic carbocycles. The third-order valence-electron chi connectivity index (χ3n) is 4.70. The number of nitrogens with zero attached hydrogens (tertiary/aromatic N) is 3. The predicted molar refractivity (Wildman–Crippen MR) is 121 cm³/mol. The smallest absolute Gasteiger partial charge is 0.338 e. The van der Waals surface area contributed by atoms with Gasteiger partial charge in [-0.1, -0.05) is 6.92 Å². The number of oxazole rings is 1. The zero-order chi connectivity index (χ0) is 24.1. The summed E-state index contributed by atoms with van der Waals surface area (Å²) < 4.78 is 37.7. The average Bonchev–Trinajstić information content (AvgIpc) is 3.31. The highest BCUT2D eigenvalue weighted by Gasteiger charge is 2.23. The van der Waals surface area contributed by atoms with E-state index in [4.69, 9.17) is 9.15 Å². The summed E-state index contributed by atoms with van der Waals surface area (Å²) in [4.78, 5) is 36.7. The van der Waals surface area contributed by atoms with Gasteiger partial charge in [-0.05, 0) is 55.0 Å². The van der Waals surface area contributed by atoms with Gasteiger partial charge in [0.15, 0.2) is 18.1 Å². The van der Waals surface area contributed by atoms with E-state index in [9.17, 15) is 18.0 Å². The number of sulfonamides is 1. The van der Waals surface area contributed by atoms with Crippen LogP contribution in [0.2, 0.25) is 0 Å². The Morgan fingerprint density at radius 1 is 1.06 bits per heavy atom. The lowest BCUT2D eigenvalue weighted by Crippen LogP contribution is -2.32. The first kappa shape index (κ1) is 22.9. The molecule has 0 fully saturated rings. The van der Waals surface area contributed by atoms with Gasteiger partial charge in [0, 0.05) is 18.1 Å². The molecule has 11 nitrogen and oxygen atoms in total. The van der Waals surface area contributed by atoms with Crippen molar-refractivity contribution in [3.63, 3.8) is 0 Å². The molecule has 2 heterocycles. The molecule has 0 aliphatic heterocycles. The van der Waals surface area contributed by atoms with Gasteiger partial charge in [-0.25, -0.2) is 32.9 Å². The molecule has 4 rings (SSSR count). The van der Waals surface area contributed by atoms with Gasteiger partial charge in [-0.3, -0.25) is 4.79 Å². The molecule has 0 spiro atoms. The van der Waals surface area contributed by atoms with E-state index >= 15 is 0 Å². The van der Waals surface area contributed by atoms with E-state index in [0.717, 1.165) is 0 Å². The van der Waals surface area contributed by atoms with Crippen molar-refractivity contribution >= 4 is 44.6 Å². The minimum atomic E-state index is -3.91. The number of hydrogen-bond donors (Lipinski definition) is 2. The largest absolute Gasteiger partial charge is 0.449 e. The lowest BCUT2D eigenvalue weighted by Gasteiger charge is -2.16. The summed E-state index contributed by atoms with van der Waals surface area (Å²) in [6, 6.07) is 11.7. The molecule has 2 aromatic heterocycles. The molecule has 2 N–H and O–H groups in total. The van der Waals surface area contributed by atoms with Crippen LogP contribution in [0.3, 0.4) is 0 Å². The Bertz CT molecular complexity index is 1420. The molecule has 174 valence electrons. The molecule has 34 heavy (non-hydrogen) atoms. The van der Waals surface area contributed by atoms with Crippen LogP contribution in [0.15, 0.2) is 76.6 Å². The maximum atomic E-state index is 12.6. The fourth-order valence-electron chi connectivity index (χ4n) is 2.98. The van der Waals surface area contributed by atoms with Gasteiger partial charge in [0.05, 0.1) is 10.5 Å². The van der Waals surface area contributed by atoms with Gasteiger partial charge >= 0.3 is 5.97 Å². The number of rotatable bonds is 8. The zero-order valence-electron chi connectivity index (χ0n) is 17.8. The predicted octanol–water partition coefficient (Wildman–Crippen LogP) is 2.99. The summed E-state index contributed by atoms with van der Waals surface area (Å²) in [7, 11) is -3.91. The lowest BCUT2D eigenvalue weighted by molar-refractivity contribution is -0.124. The average molecular weight is 481 g/mol. The first-order valence-electron chi connectivity index (χ1n) is 10.1. The number of fused-ring (bicyclic) bond motifs is 1. The van der Waals surface area contributed by atoms with Crippen LogP contribution in [0.4, 0.5) is 11.6 Å². The number of carbonyl (C=O) groups excluding carboxylic acids is 2.